The molecule has 1 amide bonds. The Hall–Kier alpha value is -4.06. The number of amides is 1. The molecule has 0 fully saturated rings. The van der Waals surface area contributed by atoms with E-state index in [-0.39, 0.29) is 11.8 Å². The highest BCUT2D eigenvalue weighted by Crippen LogP contribution is 2.35. The molecule has 6 nitrogen and oxygen atoms in total. The molecule has 4 aromatic rings. The predicted molar refractivity (Wildman–Crippen MR) is 128 cm³/mol. The molecular formula is C27H27N3O3. The van der Waals surface area contributed by atoms with Crippen molar-refractivity contribution >= 4 is 5.91 Å². The topological polar surface area (TPSA) is 76.2 Å². The molecule has 2 N–H and O–H groups in total. The van der Waals surface area contributed by atoms with Crippen LogP contribution in [0, 0.1) is 0 Å². The number of nitrogens with one attached hydrogen (secondary N) is 2. The second-order valence-corrected chi connectivity index (χ2v) is 7.62. The number of H-pyrrole nitrogens is 1. The summed E-state index contributed by atoms with van der Waals surface area (Å²) in [4.78, 5) is 20.3. The van der Waals surface area contributed by atoms with E-state index in [4.69, 9.17) is 9.47 Å². The molecule has 1 atom stereocenters. The Kier molecular flexibility index (Phi) is 7.05. The average Bonchev–Trinajstić information content (AvgIpc) is 3.39. The zero-order valence-corrected chi connectivity index (χ0v) is 18.7. The first-order valence-corrected chi connectivity index (χ1v) is 10.8. The van der Waals surface area contributed by atoms with Gasteiger partial charge in [0.25, 0.3) is 5.91 Å². The van der Waals surface area contributed by atoms with Crippen LogP contribution < -0.4 is 14.8 Å². The monoisotopic (exact) mass is 441 g/mol. The van der Waals surface area contributed by atoms with Crippen LogP contribution in [0.5, 0.6) is 11.5 Å². The molecule has 168 valence electrons. The zero-order valence-electron chi connectivity index (χ0n) is 18.7. The second kappa shape index (κ2) is 10.5. The molecule has 1 heterocycles. The Morgan fingerprint density at radius 2 is 1.67 bits per heavy atom. The Balaban J connectivity index is 1.66. The lowest BCUT2D eigenvalue weighted by atomic mass is 9.84. The second-order valence-electron chi connectivity index (χ2n) is 7.62. The molecular weight excluding hydrogens is 414 g/mol. The van der Waals surface area contributed by atoms with E-state index in [1.54, 1.807) is 26.6 Å². The van der Waals surface area contributed by atoms with E-state index in [9.17, 15) is 4.79 Å². The van der Waals surface area contributed by atoms with Crippen LogP contribution in [-0.4, -0.2) is 36.6 Å². The van der Waals surface area contributed by atoms with Gasteiger partial charge in [-0.05, 0) is 41.0 Å². The lowest BCUT2D eigenvalue weighted by Crippen LogP contribution is -2.26. The zero-order chi connectivity index (χ0) is 23.0. The standard InChI is InChI=1S/C27H27N3O3/c1-32-22-11-8-20(9-12-22)26(19-6-4-3-5-7-19)21-10-13-24(33-2)23(18-21)27(31)30-15-14-25-28-16-17-29-25/h3-13,16-18,26H,14-15H2,1-2H3,(H,28,29)(H,30,31). The van der Waals surface area contributed by atoms with Crippen molar-refractivity contribution < 1.29 is 14.3 Å². The molecule has 1 aromatic heterocycles. The molecule has 0 saturated heterocycles. The van der Waals surface area contributed by atoms with Crippen molar-refractivity contribution in [3.63, 3.8) is 0 Å². The van der Waals surface area contributed by atoms with Gasteiger partial charge in [-0.2, -0.15) is 0 Å². The van der Waals surface area contributed by atoms with Crippen LogP contribution in [0.4, 0.5) is 0 Å². The first-order valence-electron chi connectivity index (χ1n) is 10.8. The summed E-state index contributed by atoms with van der Waals surface area (Å²) < 4.78 is 10.8. The van der Waals surface area contributed by atoms with Crippen molar-refractivity contribution in [2.45, 2.75) is 12.3 Å². The van der Waals surface area contributed by atoms with Crippen LogP contribution >= 0.6 is 0 Å². The van der Waals surface area contributed by atoms with Gasteiger partial charge in [-0.25, -0.2) is 4.98 Å². The predicted octanol–water partition coefficient (Wildman–Crippen LogP) is 4.58. The number of rotatable bonds is 9. The Morgan fingerprint density at radius 1 is 0.939 bits per heavy atom. The van der Waals surface area contributed by atoms with Gasteiger partial charge in [0, 0.05) is 31.3 Å². The van der Waals surface area contributed by atoms with Crippen LogP contribution in [0.2, 0.25) is 0 Å². The number of hydrogen-bond acceptors (Lipinski definition) is 4. The first-order chi connectivity index (χ1) is 16.2. The summed E-state index contributed by atoms with van der Waals surface area (Å²) in [7, 11) is 3.23. The molecule has 0 aliphatic heterocycles. The highest BCUT2D eigenvalue weighted by molar-refractivity contribution is 5.97. The number of carbonyl (C=O) groups excluding carboxylic acids is 1. The quantitative estimate of drug-likeness (QED) is 0.373. The maximum atomic E-state index is 13.0. The Morgan fingerprint density at radius 3 is 2.33 bits per heavy atom. The van der Waals surface area contributed by atoms with Gasteiger partial charge in [0.1, 0.15) is 17.3 Å². The van der Waals surface area contributed by atoms with E-state index < -0.39 is 0 Å². The van der Waals surface area contributed by atoms with E-state index in [0.717, 1.165) is 28.3 Å². The molecule has 0 saturated carbocycles. The number of nitrogens with zero attached hydrogens (tertiary/aromatic N) is 1. The van der Waals surface area contributed by atoms with Gasteiger partial charge in [-0.3, -0.25) is 4.79 Å². The minimum Gasteiger partial charge on any atom is -0.497 e. The summed E-state index contributed by atoms with van der Waals surface area (Å²) in [5.41, 5.74) is 3.75. The van der Waals surface area contributed by atoms with E-state index in [2.05, 4.69) is 39.6 Å². The van der Waals surface area contributed by atoms with Gasteiger partial charge in [0.15, 0.2) is 0 Å². The summed E-state index contributed by atoms with van der Waals surface area (Å²) >= 11 is 0. The minimum absolute atomic E-state index is 0.0438. The fraction of sp³-hybridized carbons (Fsp3) is 0.185. The van der Waals surface area contributed by atoms with Crippen LogP contribution in [0.1, 0.15) is 38.8 Å². The van der Waals surface area contributed by atoms with Crippen molar-refractivity contribution in [2.75, 3.05) is 20.8 Å². The molecule has 0 spiro atoms. The molecule has 1 unspecified atom stereocenters. The van der Waals surface area contributed by atoms with Crippen LogP contribution in [-0.2, 0) is 6.42 Å². The summed E-state index contributed by atoms with van der Waals surface area (Å²) in [5, 5.41) is 2.98. The van der Waals surface area contributed by atoms with Crippen LogP contribution in [0.3, 0.4) is 0 Å². The van der Waals surface area contributed by atoms with E-state index in [1.807, 2.05) is 48.5 Å². The third-order valence-electron chi connectivity index (χ3n) is 5.59. The molecule has 0 aliphatic carbocycles. The van der Waals surface area contributed by atoms with Crippen LogP contribution in [0.15, 0.2) is 85.2 Å². The van der Waals surface area contributed by atoms with Gasteiger partial charge in [-0.15, -0.1) is 0 Å². The summed E-state index contributed by atoms with van der Waals surface area (Å²) in [6.07, 6.45) is 4.10. The average molecular weight is 442 g/mol. The van der Waals surface area contributed by atoms with Gasteiger partial charge in [0.05, 0.1) is 19.8 Å². The maximum Gasteiger partial charge on any atom is 0.255 e. The van der Waals surface area contributed by atoms with Gasteiger partial charge in [0.2, 0.25) is 0 Å². The van der Waals surface area contributed by atoms with Crippen molar-refractivity contribution in [2.24, 2.45) is 0 Å². The molecule has 0 aliphatic rings. The number of imidazole rings is 1. The van der Waals surface area contributed by atoms with Gasteiger partial charge in [-0.1, -0.05) is 48.5 Å². The van der Waals surface area contributed by atoms with E-state index in [1.165, 1.54) is 0 Å². The maximum absolute atomic E-state index is 13.0. The van der Waals surface area contributed by atoms with Crippen molar-refractivity contribution in [1.82, 2.24) is 15.3 Å². The smallest absolute Gasteiger partial charge is 0.255 e. The molecule has 0 bridgehead atoms. The van der Waals surface area contributed by atoms with Crippen molar-refractivity contribution in [3.05, 3.63) is 113 Å². The lowest BCUT2D eigenvalue weighted by Gasteiger charge is -2.21. The molecule has 33 heavy (non-hydrogen) atoms. The largest absolute Gasteiger partial charge is 0.497 e. The summed E-state index contributed by atoms with van der Waals surface area (Å²) in [6, 6.07) is 24.1. The summed E-state index contributed by atoms with van der Waals surface area (Å²) in [6.45, 7) is 0.473. The number of aromatic amines is 1. The number of carbonyl (C=O) groups is 1. The first kappa shape index (κ1) is 22.1. The normalized spacial score (nSPS) is 11.6. The number of methoxy groups -OCH3 is 2. The highest BCUT2D eigenvalue weighted by Gasteiger charge is 2.21. The number of benzene rings is 3. The number of hydrogen-bond donors (Lipinski definition) is 2. The fourth-order valence-corrected chi connectivity index (χ4v) is 3.93. The summed E-state index contributed by atoms with van der Waals surface area (Å²) in [5.74, 6) is 1.95. The number of ether oxygens (including phenoxy) is 2. The molecule has 3 aromatic carbocycles. The van der Waals surface area contributed by atoms with Crippen molar-refractivity contribution in [3.8, 4) is 11.5 Å². The lowest BCUT2D eigenvalue weighted by molar-refractivity contribution is 0.0951. The molecule has 6 heteroatoms. The molecule has 4 rings (SSSR count). The molecule has 0 radical (unpaired) electrons. The fourth-order valence-electron chi connectivity index (χ4n) is 3.93. The number of aromatic nitrogens is 2. The Labute approximate surface area is 193 Å². The van der Waals surface area contributed by atoms with Gasteiger partial charge >= 0.3 is 0 Å². The van der Waals surface area contributed by atoms with Crippen LogP contribution in [0.25, 0.3) is 0 Å². The van der Waals surface area contributed by atoms with E-state index >= 15 is 0 Å². The highest BCUT2D eigenvalue weighted by atomic mass is 16.5. The third-order valence-corrected chi connectivity index (χ3v) is 5.59. The SMILES string of the molecule is COc1ccc(C(c2ccccc2)c2ccc(OC)c(C(=O)NCCc3ncc[nH]3)c2)cc1. The Bertz CT molecular complexity index is 1170. The minimum atomic E-state index is -0.179. The van der Waals surface area contributed by atoms with Crippen molar-refractivity contribution in [1.29, 1.82) is 0 Å². The van der Waals surface area contributed by atoms with E-state index in [0.29, 0.717) is 24.3 Å². The van der Waals surface area contributed by atoms with Gasteiger partial charge < -0.3 is 19.8 Å². The third kappa shape index (κ3) is 5.23.